The summed E-state index contributed by atoms with van der Waals surface area (Å²) in [5, 5.41) is 2.93. The van der Waals surface area contributed by atoms with E-state index in [1.54, 1.807) is 7.11 Å². The molecular weight excluding hydrogens is 304 g/mol. The molecule has 5 nitrogen and oxygen atoms in total. The van der Waals surface area contributed by atoms with E-state index in [0.717, 1.165) is 11.1 Å². The van der Waals surface area contributed by atoms with Crippen molar-refractivity contribution < 1.29 is 14.3 Å². The van der Waals surface area contributed by atoms with Gasteiger partial charge in [-0.3, -0.25) is 9.59 Å². The number of nitrogens with zero attached hydrogens (tertiary/aromatic N) is 1. The van der Waals surface area contributed by atoms with Gasteiger partial charge in [0, 0.05) is 38.6 Å². The molecule has 0 spiro atoms. The molecule has 5 heteroatoms. The first-order valence-corrected chi connectivity index (χ1v) is 8.56. The molecule has 132 valence electrons. The van der Waals surface area contributed by atoms with Gasteiger partial charge >= 0.3 is 0 Å². The molecule has 0 saturated carbocycles. The zero-order chi connectivity index (χ0) is 17.7. The van der Waals surface area contributed by atoms with Gasteiger partial charge in [-0.1, -0.05) is 38.1 Å². The van der Waals surface area contributed by atoms with Crippen LogP contribution in [0.4, 0.5) is 0 Å². The summed E-state index contributed by atoms with van der Waals surface area (Å²) in [6, 6.07) is 8.12. The zero-order valence-electron chi connectivity index (χ0n) is 15.0. The topological polar surface area (TPSA) is 58.6 Å². The van der Waals surface area contributed by atoms with Crippen molar-refractivity contribution in [2.45, 2.75) is 26.7 Å². The van der Waals surface area contributed by atoms with Gasteiger partial charge in [0.05, 0.1) is 12.5 Å². The second-order valence-electron chi connectivity index (χ2n) is 6.75. The highest BCUT2D eigenvalue weighted by atomic mass is 16.5. The third-order valence-electron chi connectivity index (χ3n) is 4.66. The van der Waals surface area contributed by atoms with Gasteiger partial charge in [-0.25, -0.2) is 0 Å². The van der Waals surface area contributed by atoms with E-state index in [-0.39, 0.29) is 29.6 Å². The number of amides is 2. The van der Waals surface area contributed by atoms with Crippen molar-refractivity contribution >= 4 is 11.8 Å². The van der Waals surface area contributed by atoms with Crippen molar-refractivity contribution in [3.63, 3.8) is 0 Å². The number of carbonyl (C=O) groups excluding carboxylic acids is 2. The Bertz CT molecular complexity index is 586. The number of methoxy groups -OCH3 is 1. The lowest BCUT2D eigenvalue weighted by Crippen LogP contribution is -2.37. The molecule has 24 heavy (non-hydrogen) atoms. The minimum atomic E-state index is -0.217. The molecule has 2 atom stereocenters. The van der Waals surface area contributed by atoms with Gasteiger partial charge in [0.2, 0.25) is 11.8 Å². The van der Waals surface area contributed by atoms with Crippen LogP contribution in [0, 0.1) is 18.8 Å². The fourth-order valence-corrected chi connectivity index (χ4v) is 3.34. The Labute approximate surface area is 144 Å². The Balaban J connectivity index is 2.21. The number of rotatable bonds is 6. The average Bonchev–Trinajstić information content (AvgIpc) is 2.99. The van der Waals surface area contributed by atoms with Gasteiger partial charge < -0.3 is 15.0 Å². The Morgan fingerprint density at radius 3 is 2.62 bits per heavy atom. The number of likely N-dealkylation sites (tertiary alicyclic amines) is 1. The predicted molar refractivity (Wildman–Crippen MR) is 93.7 cm³/mol. The minimum absolute atomic E-state index is 0.000593. The molecular formula is C19H28N2O3. The van der Waals surface area contributed by atoms with E-state index in [2.05, 4.69) is 24.4 Å². The molecule has 1 aliphatic heterocycles. The van der Waals surface area contributed by atoms with E-state index >= 15 is 0 Å². The third-order valence-corrected chi connectivity index (χ3v) is 4.66. The molecule has 1 aromatic rings. The zero-order valence-corrected chi connectivity index (χ0v) is 15.0. The van der Waals surface area contributed by atoms with E-state index in [4.69, 9.17) is 4.74 Å². The van der Waals surface area contributed by atoms with E-state index < -0.39 is 0 Å². The molecule has 0 radical (unpaired) electrons. The summed E-state index contributed by atoms with van der Waals surface area (Å²) in [7, 11) is 1.61. The van der Waals surface area contributed by atoms with Crippen LogP contribution < -0.4 is 5.32 Å². The number of benzene rings is 1. The van der Waals surface area contributed by atoms with Crippen LogP contribution in [0.5, 0.6) is 0 Å². The highest BCUT2D eigenvalue weighted by Crippen LogP contribution is 2.35. The third kappa shape index (κ3) is 4.15. The summed E-state index contributed by atoms with van der Waals surface area (Å²) in [5.74, 6) is -0.125. The van der Waals surface area contributed by atoms with Crippen molar-refractivity contribution in [3.05, 3.63) is 35.4 Å². The molecule has 1 saturated heterocycles. The smallest absolute Gasteiger partial charge is 0.225 e. The largest absolute Gasteiger partial charge is 0.383 e. The van der Waals surface area contributed by atoms with Gasteiger partial charge in [0.25, 0.3) is 0 Å². The molecule has 0 bridgehead atoms. The number of hydrogen-bond donors (Lipinski definition) is 1. The summed E-state index contributed by atoms with van der Waals surface area (Å²) < 4.78 is 5.00. The second kappa shape index (κ2) is 8.29. The molecule has 1 aliphatic rings. The van der Waals surface area contributed by atoms with Crippen LogP contribution in [0.2, 0.25) is 0 Å². The van der Waals surface area contributed by atoms with Crippen molar-refractivity contribution in [1.29, 1.82) is 0 Å². The number of ether oxygens (including phenoxy) is 1. The maximum absolute atomic E-state index is 12.6. The van der Waals surface area contributed by atoms with Gasteiger partial charge in [0.15, 0.2) is 0 Å². The number of nitrogens with one attached hydrogen (secondary N) is 1. The van der Waals surface area contributed by atoms with Crippen LogP contribution in [-0.2, 0) is 14.3 Å². The van der Waals surface area contributed by atoms with Crippen LogP contribution in [0.15, 0.2) is 24.3 Å². The van der Waals surface area contributed by atoms with Crippen molar-refractivity contribution in [2.24, 2.45) is 11.8 Å². The van der Waals surface area contributed by atoms with Crippen LogP contribution in [-0.4, -0.2) is 50.1 Å². The van der Waals surface area contributed by atoms with Gasteiger partial charge in [-0.05, 0) is 18.1 Å². The highest BCUT2D eigenvalue weighted by molar-refractivity contribution is 5.84. The average molecular weight is 332 g/mol. The Hall–Kier alpha value is -1.88. The van der Waals surface area contributed by atoms with Crippen LogP contribution in [0.1, 0.15) is 30.9 Å². The number of aryl methyl sites for hydroxylation is 1. The van der Waals surface area contributed by atoms with Crippen LogP contribution >= 0.6 is 0 Å². The highest BCUT2D eigenvalue weighted by Gasteiger charge is 2.41. The standard InChI is InChI=1S/C19H28N2O3/c1-13(2)19(23)21-11-16(15-8-6-5-7-14(15)3)17(12-21)18(22)20-9-10-24-4/h5-8,13,16-17H,9-12H2,1-4H3,(H,20,22)/t16-,17+/m0/s1. The minimum Gasteiger partial charge on any atom is -0.383 e. The summed E-state index contributed by atoms with van der Waals surface area (Å²) in [5.41, 5.74) is 2.32. The Morgan fingerprint density at radius 1 is 1.29 bits per heavy atom. The fourth-order valence-electron chi connectivity index (χ4n) is 3.34. The van der Waals surface area contributed by atoms with Gasteiger partial charge in [0.1, 0.15) is 0 Å². The maximum atomic E-state index is 12.6. The quantitative estimate of drug-likeness (QED) is 0.810. The van der Waals surface area contributed by atoms with E-state index in [1.807, 2.05) is 30.9 Å². The molecule has 1 heterocycles. The van der Waals surface area contributed by atoms with E-state index in [0.29, 0.717) is 26.2 Å². The van der Waals surface area contributed by atoms with Gasteiger partial charge in [-0.2, -0.15) is 0 Å². The fraction of sp³-hybridized carbons (Fsp3) is 0.579. The van der Waals surface area contributed by atoms with Crippen molar-refractivity contribution in [1.82, 2.24) is 10.2 Å². The first-order valence-electron chi connectivity index (χ1n) is 8.56. The van der Waals surface area contributed by atoms with E-state index in [1.165, 1.54) is 0 Å². The first-order chi connectivity index (χ1) is 11.5. The molecule has 2 amide bonds. The molecule has 1 N–H and O–H groups in total. The molecule has 0 aromatic heterocycles. The van der Waals surface area contributed by atoms with Gasteiger partial charge in [-0.15, -0.1) is 0 Å². The SMILES string of the molecule is COCCNC(=O)[C@@H]1CN(C(=O)C(C)C)C[C@H]1c1ccccc1C. The number of carbonyl (C=O) groups is 2. The lowest BCUT2D eigenvalue weighted by molar-refractivity contribution is -0.133. The molecule has 2 rings (SSSR count). The van der Waals surface area contributed by atoms with Crippen molar-refractivity contribution in [2.75, 3.05) is 33.4 Å². The lowest BCUT2D eigenvalue weighted by Gasteiger charge is -2.20. The molecule has 0 aliphatic carbocycles. The molecule has 1 aromatic carbocycles. The Morgan fingerprint density at radius 2 is 2.00 bits per heavy atom. The second-order valence-corrected chi connectivity index (χ2v) is 6.75. The molecule has 1 fully saturated rings. The van der Waals surface area contributed by atoms with Crippen molar-refractivity contribution in [3.8, 4) is 0 Å². The molecule has 0 unspecified atom stereocenters. The Kier molecular flexibility index (Phi) is 6.37. The predicted octanol–water partition coefficient (Wildman–Crippen LogP) is 1.96. The summed E-state index contributed by atoms with van der Waals surface area (Å²) in [4.78, 5) is 26.9. The van der Waals surface area contributed by atoms with Crippen LogP contribution in [0.25, 0.3) is 0 Å². The number of hydrogen-bond acceptors (Lipinski definition) is 3. The first kappa shape index (κ1) is 18.5. The maximum Gasteiger partial charge on any atom is 0.225 e. The van der Waals surface area contributed by atoms with E-state index in [9.17, 15) is 9.59 Å². The van der Waals surface area contributed by atoms with Crippen LogP contribution in [0.3, 0.4) is 0 Å². The normalized spacial score (nSPS) is 20.5. The lowest BCUT2D eigenvalue weighted by atomic mass is 9.86. The summed E-state index contributed by atoms with van der Waals surface area (Å²) in [6.07, 6.45) is 0. The summed E-state index contributed by atoms with van der Waals surface area (Å²) >= 11 is 0. The summed E-state index contributed by atoms with van der Waals surface area (Å²) in [6.45, 7) is 7.92. The monoisotopic (exact) mass is 332 g/mol.